The van der Waals surface area contributed by atoms with Gasteiger partial charge in [0.1, 0.15) is 16.5 Å². The van der Waals surface area contributed by atoms with Crippen LogP contribution in [0.25, 0.3) is 0 Å². The number of hydrogen-bond acceptors (Lipinski definition) is 5. The number of sulfonamides is 1. The largest absolute Gasteiger partial charge is 0.495 e. The summed E-state index contributed by atoms with van der Waals surface area (Å²) in [5.41, 5.74) is 0.471. The van der Waals surface area contributed by atoms with E-state index in [2.05, 4.69) is 5.32 Å². The van der Waals surface area contributed by atoms with Crippen LogP contribution in [0.4, 0.5) is 4.39 Å². The van der Waals surface area contributed by atoms with Crippen molar-refractivity contribution in [2.75, 3.05) is 33.4 Å². The second-order valence-electron chi connectivity index (χ2n) is 8.13. The number of carbonyl (C=O) groups excluding carboxylic acids is 1. The molecule has 172 valence electrons. The van der Waals surface area contributed by atoms with Gasteiger partial charge in [0.2, 0.25) is 10.0 Å². The van der Waals surface area contributed by atoms with E-state index in [4.69, 9.17) is 9.47 Å². The topological polar surface area (TPSA) is 84.9 Å². The average Bonchev–Trinajstić information content (AvgIpc) is 3.29. The van der Waals surface area contributed by atoms with E-state index in [9.17, 15) is 17.6 Å². The van der Waals surface area contributed by atoms with Crippen molar-refractivity contribution in [1.29, 1.82) is 0 Å². The number of nitrogens with one attached hydrogen (secondary N) is 1. The summed E-state index contributed by atoms with van der Waals surface area (Å²) < 4.78 is 51.8. The Kier molecular flexibility index (Phi) is 6.50. The van der Waals surface area contributed by atoms with Crippen LogP contribution in [-0.2, 0) is 20.3 Å². The van der Waals surface area contributed by atoms with Crippen LogP contribution in [0.5, 0.6) is 5.75 Å². The van der Waals surface area contributed by atoms with Gasteiger partial charge >= 0.3 is 0 Å². The Morgan fingerprint density at radius 3 is 2.38 bits per heavy atom. The fourth-order valence-corrected chi connectivity index (χ4v) is 6.06. The standard InChI is InChI=1S/C23H27FN2O5S/c1-30-20-9-4-17(16-21(20)32(28,29)26-12-14-31-15-13-26)22(27)25-23(10-2-3-11-23)18-5-7-19(24)8-6-18/h4-9,16H,2-3,10-15H2,1H3,(H,25,27). The van der Waals surface area contributed by atoms with E-state index in [-0.39, 0.29) is 41.0 Å². The highest BCUT2D eigenvalue weighted by atomic mass is 32.2. The van der Waals surface area contributed by atoms with Crippen LogP contribution in [0.1, 0.15) is 41.6 Å². The second-order valence-corrected chi connectivity index (χ2v) is 10.0. The number of halogens is 1. The molecule has 1 saturated heterocycles. The summed E-state index contributed by atoms with van der Waals surface area (Å²) in [4.78, 5) is 13.2. The third-order valence-corrected chi connectivity index (χ3v) is 8.14. The summed E-state index contributed by atoms with van der Waals surface area (Å²) in [6.07, 6.45) is 3.35. The molecule has 1 aliphatic carbocycles. The van der Waals surface area contributed by atoms with E-state index in [0.717, 1.165) is 31.2 Å². The number of ether oxygens (including phenoxy) is 2. The van der Waals surface area contributed by atoms with E-state index in [1.807, 2.05) is 0 Å². The van der Waals surface area contributed by atoms with E-state index in [0.29, 0.717) is 13.2 Å². The lowest BCUT2D eigenvalue weighted by molar-refractivity contribution is 0.0729. The minimum absolute atomic E-state index is 0.0446. The number of carbonyl (C=O) groups is 1. The quantitative estimate of drug-likeness (QED) is 0.713. The molecule has 2 aromatic rings. The number of morpholine rings is 1. The minimum Gasteiger partial charge on any atom is -0.495 e. The van der Waals surface area contributed by atoms with E-state index in [1.54, 1.807) is 18.2 Å². The smallest absolute Gasteiger partial charge is 0.252 e. The first-order valence-corrected chi connectivity index (χ1v) is 12.1. The molecule has 0 atom stereocenters. The maximum absolute atomic E-state index is 13.4. The van der Waals surface area contributed by atoms with Gasteiger partial charge in [-0.3, -0.25) is 4.79 Å². The minimum atomic E-state index is -3.85. The van der Waals surface area contributed by atoms with Gasteiger partial charge in [-0.05, 0) is 48.7 Å². The predicted octanol–water partition coefficient (Wildman–Crippen LogP) is 3.05. The van der Waals surface area contributed by atoms with E-state index < -0.39 is 15.6 Å². The lowest BCUT2D eigenvalue weighted by atomic mass is 9.87. The number of rotatable bonds is 6. The highest BCUT2D eigenvalue weighted by Crippen LogP contribution is 2.39. The van der Waals surface area contributed by atoms with Crippen LogP contribution in [0.2, 0.25) is 0 Å². The van der Waals surface area contributed by atoms with Crippen molar-refractivity contribution >= 4 is 15.9 Å². The molecule has 1 saturated carbocycles. The summed E-state index contributed by atoms with van der Waals surface area (Å²) in [6.45, 7) is 1.13. The first kappa shape index (κ1) is 22.7. The lowest BCUT2D eigenvalue weighted by Crippen LogP contribution is -2.44. The highest BCUT2D eigenvalue weighted by Gasteiger charge is 2.38. The van der Waals surface area contributed by atoms with Crippen molar-refractivity contribution in [1.82, 2.24) is 9.62 Å². The normalized spacial score (nSPS) is 18.9. The molecule has 32 heavy (non-hydrogen) atoms. The van der Waals surface area contributed by atoms with Gasteiger partial charge in [0.15, 0.2) is 0 Å². The van der Waals surface area contributed by atoms with Crippen LogP contribution in [0.3, 0.4) is 0 Å². The molecule has 9 heteroatoms. The molecule has 2 fully saturated rings. The third kappa shape index (κ3) is 4.37. The zero-order valence-corrected chi connectivity index (χ0v) is 18.8. The van der Waals surface area contributed by atoms with Crippen LogP contribution < -0.4 is 10.1 Å². The van der Waals surface area contributed by atoms with Crippen LogP contribution in [0.15, 0.2) is 47.4 Å². The molecule has 1 aliphatic heterocycles. The molecule has 0 bridgehead atoms. The molecule has 2 aliphatic rings. The van der Waals surface area contributed by atoms with Gasteiger partial charge in [-0.2, -0.15) is 4.31 Å². The summed E-state index contributed by atoms with van der Waals surface area (Å²) in [5, 5.41) is 3.11. The molecule has 1 amide bonds. The van der Waals surface area contributed by atoms with Gasteiger partial charge in [0, 0.05) is 18.7 Å². The second kappa shape index (κ2) is 9.17. The van der Waals surface area contributed by atoms with Crippen molar-refractivity contribution in [3.05, 3.63) is 59.4 Å². The Morgan fingerprint density at radius 1 is 1.09 bits per heavy atom. The summed E-state index contributed by atoms with van der Waals surface area (Å²) in [7, 11) is -2.46. The number of amides is 1. The van der Waals surface area contributed by atoms with Crippen molar-refractivity contribution < 1.29 is 27.1 Å². The first-order chi connectivity index (χ1) is 15.4. The molecule has 7 nitrogen and oxygen atoms in total. The molecular weight excluding hydrogens is 435 g/mol. The maximum Gasteiger partial charge on any atom is 0.252 e. The van der Waals surface area contributed by atoms with Crippen molar-refractivity contribution in [2.45, 2.75) is 36.1 Å². The van der Waals surface area contributed by atoms with Gasteiger partial charge < -0.3 is 14.8 Å². The Labute approximate surface area is 187 Å². The first-order valence-electron chi connectivity index (χ1n) is 10.7. The number of nitrogens with zero attached hydrogens (tertiary/aromatic N) is 1. The fraction of sp³-hybridized carbons (Fsp3) is 0.435. The average molecular weight is 463 g/mol. The summed E-state index contributed by atoms with van der Waals surface area (Å²) >= 11 is 0. The number of benzene rings is 2. The Bertz CT molecular complexity index is 1080. The summed E-state index contributed by atoms with van der Waals surface area (Å²) in [6, 6.07) is 10.6. The van der Waals surface area contributed by atoms with Crippen LogP contribution in [0, 0.1) is 5.82 Å². The maximum atomic E-state index is 13.4. The zero-order chi connectivity index (χ0) is 22.8. The number of methoxy groups -OCH3 is 1. The van der Waals surface area contributed by atoms with Gasteiger partial charge in [0.05, 0.1) is 25.9 Å². The van der Waals surface area contributed by atoms with Crippen molar-refractivity contribution in [2.24, 2.45) is 0 Å². The van der Waals surface area contributed by atoms with Gasteiger partial charge in [-0.1, -0.05) is 25.0 Å². The highest BCUT2D eigenvalue weighted by molar-refractivity contribution is 7.89. The van der Waals surface area contributed by atoms with Crippen molar-refractivity contribution in [3.63, 3.8) is 0 Å². The van der Waals surface area contributed by atoms with Gasteiger partial charge in [0.25, 0.3) is 5.91 Å². The van der Waals surface area contributed by atoms with E-state index >= 15 is 0 Å². The Hall–Kier alpha value is -2.49. The zero-order valence-electron chi connectivity index (χ0n) is 18.0. The Balaban J connectivity index is 1.65. The van der Waals surface area contributed by atoms with E-state index in [1.165, 1.54) is 35.7 Å². The molecule has 4 rings (SSSR count). The van der Waals surface area contributed by atoms with Gasteiger partial charge in [-0.15, -0.1) is 0 Å². The molecule has 0 aromatic heterocycles. The fourth-order valence-electron chi connectivity index (χ4n) is 4.47. The lowest BCUT2D eigenvalue weighted by Gasteiger charge is -2.31. The van der Waals surface area contributed by atoms with Crippen molar-refractivity contribution in [3.8, 4) is 5.75 Å². The Morgan fingerprint density at radius 2 is 1.75 bits per heavy atom. The molecule has 0 spiro atoms. The SMILES string of the molecule is COc1ccc(C(=O)NC2(c3ccc(F)cc3)CCCC2)cc1S(=O)(=O)N1CCOCC1. The predicted molar refractivity (Wildman–Crippen MR) is 117 cm³/mol. The molecule has 1 N–H and O–H groups in total. The third-order valence-electron chi connectivity index (χ3n) is 6.22. The summed E-state index contributed by atoms with van der Waals surface area (Å²) in [5.74, 6) is -0.527. The number of hydrogen-bond donors (Lipinski definition) is 1. The van der Waals surface area contributed by atoms with Crippen LogP contribution in [-0.4, -0.2) is 52.0 Å². The molecule has 0 unspecified atom stereocenters. The van der Waals surface area contributed by atoms with Gasteiger partial charge in [-0.25, -0.2) is 12.8 Å². The molecule has 1 heterocycles. The monoisotopic (exact) mass is 462 g/mol. The molecule has 2 aromatic carbocycles. The molecular formula is C23H27FN2O5S. The van der Waals surface area contributed by atoms with Crippen LogP contribution >= 0.6 is 0 Å². The molecule has 0 radical (unpaired) electrons.